The van der Waals surface area contributed by atoms with Crippen molar-refractivity contribution in [2.45, 2.75) is 32.1 Å². The molecule has 3 aromatic rings. The molecular formula is C22H24N4O3. The van der Waals surface area contributed by atoms with E-state index in [4.69, 9.17) is 9.26 Å². The molecule has 1 aromatic carbocycles. The monoisotopic (exact) mass is 392 g/mol. The van der Waals surface area contributed by atoms with E-state index in [1.54, 1.807) is 12.4 Å². The summed E-state index contributed by atoms with van der Waals surface area (Å²) in [6.45, 7) is 4.01. The van der Waals surface area contributed by atoms with Gasteiger partial charge in [-0.2, -0.15) is 4.98 Å². The minimum atomic E-state index is 0.151. The van der Waals surface area contributed by atoms with Gasteiger partial charge in [0.2, 0.25) is 5.91 Å². The lowest BCUT2D eigenvalue weighted by Gasteiger charge is -2.30. The zero-order valence-electron chi connectivity index (χ0n) is 16.5. The van der Waals surface area contributed by atoms with Crippen molar-refractivity contribution in [1.29, 1.82) is 0 Å². The van der Waals surface area contributed by atoms with Crippen molar-refractivity contribution in [2.24, 2.45) is 0 Å². The maximum Gasteiger partial charge on any atom is 0.258 e. The molecule has 1 fully saturated rings. The summed E-state index contributed by atoms with van der Waals surface area (Å²) in [6, 6.07) is 11.4. The number of nitrogens with zero attached hydrogens (tertiary/aromatic N) is 4. The fourth-order valence-electron chi connectivity index (χ4n) is 3.56. The van der Waals surface area contributed by atoms with Gasteiger partial charge < -0.3 is 14.2 Å². The topological polar surface area (TPSA) is 81.4 Å². The number of benzene rings is 1. The van der Waals surface area contributed by atoms with E-state index in [1.165, 1.54) is 0 Å². The first-order valence-corrected chi connectivity index (χ1v) is 9.96. The molecule has 4 rings (SSSR count). The molecule has 1 amide bonds. The van der Waals surface area contributed by atoms with Gasteiger partial charge in [0.15, 0.2) is 5.82 Å². The van der Waals surface area contributed by atoms with E-state index in [0.29, 0.717) is 32.0 Å². The summed E-state index contributed by atoms with van der Waals surface area (Å²) in [7, 11) is 0. The van der Waals surface area contributed by atoms with Crippen molar-refractivity contribution in [1.82, 2.24) is 20.0 Å². The highest BCUT2D eigenvalue weighted by Gasteiger charge is 2.27. The summed E-state index contributed by atoms with van der Waals surface area (Å²) in [5, 5.41) is 4.16. The highest BCUT2D eigenvalue weighted by Crippen LogP contribution is 2.28. The average Bonchev–Trinajstić information content (AvgIpc) is 3.26. The Morgan fingerprint density at radius 3 is 2.55 bits per heavy atom. The highest BCUT2D eigenvalue weighted by molar-refractivity contribution is 5.79. The van der Waals surface area contributed by atoms with E-state index < -0.39 is 0 Å². The number of carbonyl (C=O) groups is 1. The summed E-state index contributed by atoms with van der Waals surface area (Å²) in [4.78, 5) is 23.1. The molecule has 7 nitrogen and oxygen atoms in total. The van der Waals surface area contributed by atoms with Crippen LogP contribution >= 0.6 is 0 Å². The van der Waals surface area contributed by atoms with Crippen molar-refractivity contribution in [3.8, 4) is 17.2 Å². The molecule has 1 aliphatic heterocycles. The largest absolute Gasteiger partial charge is 0.494 e. The lowest BCUT2D eigenvalue weighted by atomic mass is 9.95. The van der Waals surface area contributed by atoms with E-state index in [0.717, 1.165) is 35.5 Å². The smallest absolute Gasteiger partial charge is 0.258 e. The van der Waals surface area contributed by atoms with Crippen LogP contribution in [-0.2, 0) is 11.2 Å². The number of piperidine rings is 1. The van der Waals surface area contributed by atoms with Gasteiger partial charge in [-0.1, -0.05) is 17.3 Å². The molecule has 0 aliphatic carbocycles. The molecule has 0 atom stereocenters. The van der Waals surface area contributed by atoms with Gasteiger partial charge in [0.25, 0.3) is 5.89 Å². The second kappa shape index (κ2) is 8.86. The van der Waals surface area contributed by atoms with Crippen LogP contribution in [0.3, 0.4) is 0 Å². The molecule has 1 saturated heterocycles. The molecule has 0 unspecified atom stereocenters. The summed E-state index contributed by atoms with van der Waals surface area (Å²) >= 11 is 0. The van der Waals surface area contributed by atoms with Gasteiger partial charge >= 0.3 is 0 Å². The fraction of sp³-hybridized carbons (Fsp3) is 0.364. The molecule has 150 valence electrons. The molecule has 0 radical (unpaired) electrons. The van der Waals surface area contributed by atoms with Gasteiger partial charge in [0.05, 0.1) is 13.0 Å². The van der Waals surface area contributed by atoms with Crippen molar-refractivity contribution < 1.29 is 14.1 Å². The van der Waals surface area contributed by atoms with Crippen LogP contribution in [0, 0.1) is 0 Å². The molecule has 0 spiro atoms. The number of likely N-dealkylation sites (tertiary alicyclic amines) is 1. The lowest BCUT2D eigenvalue weighted by Crippen LogP contribution is -2.39. The average molecular weight is 392 g/mol. The van der Waals surface area contributed by atoms with Crippen molar-refractivity contribution in [3.63, 3.8) is 0 Å². The van der Waals surface area contributed by atoms with Gasteiger partial charge in [-0.3, -0.25) is 9.78 Å². The number of hydrogen-bond donors (Lipinski definition) is 0. The number of amides is 1. The van der Waals surface area contributed by atoms with Gasteiger partial charge in [-0.05, 0) is 49.6 Å². The molecule has 3 heterocycles. The van der Waals surface area contributed by atoms with Crippen LogP contribution in [-0.4, -0.2) is 45.6 Å². The van der Waals surface area contributed by atoms with Crippen LogP contribution in [0.15, 0.2) is 53.3 Å². The van der Waals surface area contributed by atoms with Gasteiger partial charge in [-0.15, -0.1) is 0 Å². The summed E-state index contributed by atoms with van der Waals surface area (Å²) in [5.74, 6) is 2.42. The summed E-state index contributed by atoms with van der Waals surface area (Å²) in [6.07, 6.45) is 5.49. The van der Waals surface area contributed by atoms with Gasteiger partial charge in [-0.25, -0.2) is 0 Å². The van der Waals surface area contributed by atoms with Crippen LogP contribution in [0.25, 0.3) is 11.5 Å². The third kappa shape index (κ3) is 4.62. The van der Waals surface area contributed by atoms with Crippen LogP contribution < -0.4 is 4.74 Å². The first-order chi connectivity index (χ1) is 14.2. The molecule has 0 N–H and O–H groups in total. The molecule has 7 heteroatoms. The van der Waals surface area contributed by atoms with Crippen molar-refractivity contribution in [2.75, 3.05) is 19.7 Å². The quantitative estimate of drug-likeness (QED) is 0.639. The van der Waals surface area contributed by atoms with Crippen molar-refractivity contribution >= 4 is 5.91 Å². The molecule has 29 heavy (non-hydrogen) atoms. The molecule has 1 aliphatic rings. The summed E-state index contributed by atoms with van der Waals surface area (Å²) < 4.78 is 10.9. The van der Waals surface area contributed by atoms with Crippen LogP contribution in [0.1, 0.15) is 37.1 Å². The van der Waals surface area contributed by atoms with E-state index in [1.807, 2.05) is 48.2 Å². The zero-order valence-corrected chi connectivity index (χ0v) is 16.5. The Labute approximate surface area is 169 Å². The van der Waals surface area contributed by atoms with E-state index in [-0.39, 0.29) is 11.8 Å². The SMILES string of the molecule is CCOc1ccc(CC(=O)N2CCC(c3noc(-c4ccncc4)n3)CC2)cc1. The maximum atomic E-state index is 12.6. The Balaban J connectivity index is 1.31. The normalized spacial score (nSPS) is 14.7. The third-order valence-corrected chi connectivity index (χ3v) is 5.17. The molecule has 0 bridgehead atoms. The first kappa shape index (κ1) is 19.1. The number of pyridine rings is 1. The Morgan fingerprint density at radius 1 is 1.14 bits per heavy atom. The zero-order chi connectivity index (χ0) is 20.1. The van der Waals surface area contributed by atoms with Gasteiger partial charge in [0, 0.05) is 37.0 Å². The Hall–Kier alpha value is -3.22. The molecule has 0 saturated carbocycles. The summed E-state index contributed by atoms with van der Waals surface area (Å²) in [5.41, 5.74) is 1.86. The predicted octanol–water partition coefficient (Wildman–Crippen LogP) is 3.48. The number of hydrogen-bond acceptors (Lipinski definition) is 6. The standard InChI is InChI=1S/C22H24N4O3/c1-2-28-19-5-3-16(4-6-19)15-20(27)26-13-9-17(10-14-26)21-24-22(29-25-21)18-7-11-23-12-8-18/h3-8,11-12,17H,2,9-10,13-15H2,1H3. The second-order valence-electron chi connectivity index (χ2n) is 7.10. The van der Waals surface area contributed by atoms with Crippen LogP contribution in [0.5, 0.6) is 5.75 Å². The lowest BCUT2D eigenvalue weighted by molar-refractivity contribution is -0.131. The minimum absolute atomic E-state index is 0.151. The third-order valence-electron chi connectivity index (χ3n) is 5.17. The van der Waals surface area contributed by atoms with E-state index in [2.05, 4.69) is 15.1 Å². The van der Waals surface area contributed by atoms with Crippen LogP contribution in [0.4, 0.5) is 0 Å². The highest BCUT2D eigenvalue weighted by atomic mass is 16.5. The molecular weight excluding hydrogens is 368 g/mol. The minimum Gasteiger partial charge on any atom is -0.494 e. The number of ether oxygens (including phenoxy) is 1. The number of carbonyl (C=O) groups excluding carboxylic acids is 1. The molecule has 2 aromatic heterocycles. The van der Waals surface area contributed by atoms with Gasteiger partial charge in [0.1, 0.15) is 5.75 Å². The second-order valence-corrected chi connectivity index (χ2v) is 7.10. The van der Waals surface area contributed by atoms with Crippen LogP contribution in [0.2, 0.25) is 0 Å². The maximum absolute atomic E-state index is 12.6. The number of aromatic nitrogens is 3. The Morgan fingerprint density at radius 2 is 1.86 bits per heavy atom. The van der Waals surface area contributed by atoms with Crippen molar-refractivity contribution in [3.05, 3.63) is 60.2 Å². The Kier molecular flexibility index (Phi) is 5.84. The predicted molar refractivity (Wildman–Crippen MR) is 107 cm³/mol. The van der Waals surface area contributed by atoms with E-state index in [9.17, 15) is 4.79 Å². The van der Waals surface area contributed by atoms with E-state index >= 15 is 0 Å². The Bertz CT molecular complexity index is 932. The fourth-order valence-corrected chi connectivity index (χ4v) is 3.56. The first-order valence-electron chi connectivity index (χ1n) is 9.96. The number of rotatable bonds is 6.